The van der Waals surface area contributed by atoms with E-state index in [9.17, 15) is 24.0 Å². The second kappa shape index (κ2) is 15.2. The first-order valence-electron chi connectivity index (χ1n) is 15.9. The fourth-order valence-corrected chi connectivity index (χ4v) is 5.57. The molecule has 2 heterocycles. The number of likely N-dealkylation sites (tertiary alicyclic amines) is 1. The zero-order valence-electron chi connectivity index (χ0n) is 27.3. The molecule has 2 fully saturated rings. The Bertz CT molecular complexity index is 1310. The number of nitrogens with zero attached hydrogens (tertiary/aromatic N) is 2. The number of nitrogens with one attached hydrogen (secondary N) is 1. The van der Waals surface area contributed by atoms with Crippen molar-refractivity contribution in [1.82, 2.24) is 15.1 Å². The third-order valence-electron chi connectivity index (χ3n) is 7.77. The van der Waals surface area contributed by atoms with E-state index in [1.54, 1.807) is 25.7 Å². The van der Waals surface area contributed by atoms with Gasteiger partial charge in [0.1, 0.15) is 24.9 Å². The maximum atomic E-state index is 13.9. The molecule has 2 saturated heterocycles. The van der Waals surface area contributed by atoms with Crippen molar-refractivity contribution in [2.45, 2.75) is 90.8 Å². The summed E-state index contributed by atoms with van der Waals surface area (Å²) in [6.07, 6.45) is 0.729. The lowest BCUT2D eigenvalue weighted by Crippen LogP contribution is -2.53. The number of ether oxygens (including phenoxy) is 3. The molecule has 0 bridgehead atoms. The highest BCUT2D eigenvalue weighted by molar-refractivity contribution is 6.01. The van der Waals surface area contributed by atoms with E-state index in [1.165, 1.54) is 4.90 Å². The largest absolute Gasteiger partial charge is 0.459 e. The molecular weight excluding hydrogens is 590 g/mol. The van der Waals surface area contributed by atoms with E-state index >= 15 is 0 Å². The van der Waals surface area contributed by atoms with Crippen LogP contribution < -0.4 is 5.32 Å². The van der Waals surface area contributed by atoms with Gasteiger partial charge in [-0.25, -0.2) is 14.4 Å². The maximum Gasteiger partial charge on any atom is 0.408 e. The van der Waals surface area contributed by atoms with Crippen LogP contribution in [0.15, 0.2) is 60.7 Å². The lowest BCUT2D eigenvalue weighted by molar-refractivity contribution is -0.148. The number of benzene rings is 2. The van der Waals surface area contributed by atoms with Crippen molar-refractivity contribution in [3.8, 4) is 0 Å². The van der Waals surface area contributed by atoms with Crippen molar-refractivity contribution in [1.29, 1.82) is 0 Å². The van der Waals surface area contributed by atoms with E-state index in [2.05, 4.69) is 5.32 Å². The molecule has 248 valence electrons. The number of alkyl carbamates (subject to hydrolysis) is 1. The first-order valence-corrected chi connectivity index (χ1v) is 15.9. The van der Waals surface area contributed by atoms with Crippen LogP contribution in [0.2, 0.25) is 0 Å². The molecule has 11 heteroatoms. The first kappa shape index (κ1) is 34.5. The van der Waals surface area contributed by atoms with Crippen molar-refractivity contribution in [2.75, 3.05) is 13.1 Å². The molecule has 2 aliphatic heterocycles. The molecule has 3 amide bonds. The summed E-state index contributed by atoms with van der Waals surface area (Å²) < 4.78 is 16.4. The minimum absolute atomic E-state index is 0.00240. The van der Waals surface area contributed by atoms with Crippen molar-refractivity contribution in [3.63, 3.8) is 0 Å². The molecule has 4 atom stereocenters. The number of hydrogen-bond donors (Lipinski definition) is 1. The van der Waals surface area contributed by atoms with Gasteiger partial charge >= 0.3 is 18.0 Å². The Morgan fingerprint density at radius 2 is 1.37 bits per heavy atom. The minimum Gasteiger partial charge on any atom is -0.459 e. The van der Waals surface area contributed by atoms with Gasteiger partial charge < -0.3 is 29.3 Å². The Morgan fingerprint density at radius 3 is 1.85 bits per heavy atom. The number of hydrogen-bond acceptors (Lipinski definition) is 8. The van der Waals surface area contributed by atoms with Crippen LogP contribution in [0.25, 0.3) is 0 Å². The van der Waals surface area contributed by atoms with E-state index in [4.69, 9.17) is 14.2 Å². The van der Waals surface area contributed by atoms with Crippen LogP contribution in [0.5, 0.6) is 0 Å². The number of esters is 2. The first-order chi connectivity index (χ1) is 21.8. The van der Waals surface area contributed by atoms with Crippen molar-refractivity contribution < 1.29 is 38.2 Å². The van der Waals surface area contributed by atoms with E-state index in [0.29, 0.717) is 25.8 Å². The summed E-state index contributed by atoms with van der Waals surface area (Å²) in [7, 11) is 0. The van der Waals surface area contributed by atoms with Gasteiger partial charge in [-0.05, 0) is 57.1 Å². The third kappa shape index (κ3) is 9.55. The molecule has 0 aromatic heterocycles. The zero-order chi connectivity index (χ0) is 33.4. The number of carbonyl (C=O) groups excluding carboxylic acids is 5. The summed E-state index contributed by atoms with van der Waals surface area (Å²) in [6, 6.07) is 15.2. The monoisotopic (exact) mass is 635 g/mol. The molecule has 2 aliphatic rings. The molecule has 0 radical (unpaired) electrons. The van der Waals surface area contributed by atoms with Gasteiger partial charge in [0.05, 0.1) is 5.92 Å². The van der Waals surface area contributed by atoms with E-state index in [1.807, 2.05) is 74.5 Å². The third-order valence-corrected chi connectivity index (χ3v) is 7.77. The van der Waals surface area contributed by atoms with E-state index < -0.39 is 53.6 Å². The number of carbonyl (C=O) groups is 5. The average molecular weight is 636 g/mol. The Hall–Kier alpha value is -4.41. The van der Waals surface area contributed by atoms with Gasteiger partial charge in [-0.1, -0.05) is 74.5 Å². The van der Waals surface area contributed by atoms with Crippen molar-refractivity contribution >= 4 is 29.8 Å². The lowest BCUT2D eigenvalue weighted by Gasteiger charge is -2.35. The van der Waals surface area contributed by atoms with Gasteiger partial charge in [-0.3, -0.25) is 9.59 Å². The predicted octanol–water partition coefficient (Wildman–Crippen LogP) is 4.23. The highest BCUT2D eigenvalue weighted by atomic mass is 16.6. The van der Waals surface area contributed by atoms with Crippen LogP contribution in [0, 0.1) is 11.8 Å². The van der Waals surface area contributed by atoms with Gasteiger partial charge in [0.2, 0.25) is 11.8 Å². The average Bonchev–Trinajstić information content (AvgIpc) is 3.77. The maximum absolute atomic E-state index is 13.9. The molecule has 0 saturated carbocycles. The number of rotatable bonds is 11. The number of piperidine rings is 1. The molecule has 2 aromatic rings. The van der Waals surface area contributed by atoms with E-state index in [0.717, 1.165) is 11.1 Å². The quantitative estimate of drug-likeness (QED) is 0.221. The molecule has 2 aromatic carbocycles. The Kier molecular flexibility index (Phi) is 11.4. The standard InChI is InChI=1S/C35H45N3O8/c1-23(2)19-27(36-34(43)46-35(3,4)5)31(40)37-18-12-17-26(20-37)30(39)38-28(32(41)44-21-24-13-8-6-9-14-24)29(38)33(42)45-22-25-15-10-7-11-16-25/h6-11,13-16,23,26-29H,12,17-22H2,1-5H3,(H,36,43)/t26-,27+,28+,29+/m1/s1. The summed E-state index contributed by atoms with van der Waals surface area (Å²) in [4.78, 5) is 69.3. The van der Waals surface area contributed by atoms with Crippen molar-refractivity contribution in [2.24, 2.45) is 11.8 Å². The molecule has 0 aliphatic carbocycles. The van der Waals surface area contributed by atoms with Gasteiger partial charge in [-0.15, -0.1) is 0 Å². The van der Waals surface area contributed by atoms with Crippen LogP contribution in [0.4, 0.5) is 4.79 Å². The normalized spacial score (nSPS) is 20.0. The molecule has 0 unspecified atom stereocenters. The van der Waals surface area contributed by atoms with Crippen LogP contribution in [0.3, 0.4) is 0 Å². The van der Waals surface area contributed by atoms with Crippen LogP contribution in [0.1, 0.15) is 65.0 Å². The molecule has 0 spiro atoms. The van der Waals surface area contributed by atoms with Crippen LogP contribution in [-0.2, 0) is 46.6 Å². The predicted molar refractivity (Wildman–Crippen MR) is 169 cm³/mol. The van der Waals surface area contributed by atoms with E-state index in [-0.39, 0.29) is 31.6 Å². The highest BCUT2D eigenvalue weighted by Gasteiger charge is 2.62. The summed E-state index contributed by atoms with van der Waals surface area (Å²) >= 11 is 0. The molecular formula is C35H45N3O8. The number of amides is 3. The Balaban J connectivity index is 1.45. The smallest absolute Gasteiger partial charge is 0.408 e. The van der Waals surface area contributed by atoms with Crippen molar-refractivity contribution in [3.05, 3.63) is 71.8 Å². The summed E-state index contributed by atoms with van der Waals surface area (Å²) in [5, 5.41) is 2.71. The Labute approximate surface area is 270 Å². The molecule has 1 N–H and O–H groups in total. The second-order valence-electron chi connectivity index (χ2n) is 13.3. The fraction of sp³-hybridized carbons (Fsp3) is 0.514. The van der Waals surface area contributed by atoms with Gasteiger partial charge in [0.25, 0.3) is 0 Å². The molecule has 46 heavy (non-hydrogen) atoms. The van der Waals surface area contributed by atoms with Gasteiger partial charge in [-0.2, -0.15) is 0 Å². The topological polar surface area (TPSA) is 131 Å². The SMILES string of the molecule is CC(C)C[C@H](NC(=O)OC(C)(C)C)C(=O)N1CCC[C@@H](C(=O)N2[C@H](C(=O)OCc3ccccc3)[C@H]2C(=O)OCc2ccccc2)C1. The second-order valence-corrected chi connectivity index (χ2v) is 13.3. The summed E-state index contributed by atoms with van der Waals surface area (Å²) in [6.45, 7) is 9.64. The minimum atomic E-state index is -1.12. The summed E-state index contributed by atoms with van der Waals surface area (Å²) in [5.74, 6) is -2.64. The fourth-order valence-electron chi connectivity index (χ4n) is 5.57. The van der Waals surface area contributed by atoms with Gasteiger partial charge in [0.15, 0.2) is 12.1 Å². The van der Waals surface area contributed by atoms with Crippen LogP contribution in [-0.4, -0.2) is 76.5 Å². The molecule has 11 nitrogen and oxygen atoms in total. The molecule has 4 rings (SSSR count). The zero-order valence-corrected chi connectivity index (χ0v) is 27.3. The lowest BCUT2D eigenvalue weighted by atomic mass is 9.95. The van der Waals surface area contributed by atoms with Crippen LogP contribution >= 0.6 is 0 Å². The summed E-state index contributed by atoms with van der Waals surface area (Å²) in [5.41, 5.74) is 0.818. The van der Waals surface area contributed by atoms with Gasteiger partial charge in [0, 0.05) is 13.1 Å². The highest BCUT2D eigenvalue weighted by Crippen LogP contribution is 2.35. The Morgan fingerprint density at radius 1 is 0.848 bits per heavy atom.